The van der Waals surface area contributed by atoms with Crippen molar-refractivity contribution in [3.63, 3.8) is 0 Å². The van der Waals surface area contributed by atoms with Crippen molar-refractivity contribution in [2.24, 2.45) is 0 Å². The molecule has 346 valence electrons. The van der Waals surface area contributed by atoms with Gasteiger partial charge in [0.1, 0.15) is 30.5 Å². The second kappa shape index (κ2) is 39.2. The van der Waals surface area contributed by atoms with Crippen LogP contribution in [-0.2, 0) is 14.3 Å². The molecule has 1 fully saturated rings. The van der Waals surface area contributed by atoms with Gasteiger partial charge in [0.15, 0.2) is 6.29 Å². The Kier molecular flexibility index (Phi) is 36.8. The second-order valence-electron chi connectivity index (χ2n) is 17.0. The highest BCUT2D eigenvalue weighted by Gasteiger charge is 2.44. The fourth-order valence-corrected chi connectivity index (χ4v) is 7.55. The van der Waals surface area contributed by atoms with E-state index >= 15 is 0 Å². The van der Waals surface area contributed by atoms with Crippen LogP contribution in [0.5, 0.6) is 0 Å². The van der Waals surface area contributed by atoms with Gasteiger partial charge in [-0.1, -0.05) is 198 Å². The number of rotatable bonds is 40. The highest BCUT2D eigenvalue weighted by molar-refractivity contribution is 5.80. The first kappa shape index (κ1) is 55.4. The summed E-state index contributed by atoms with van der Waals surface area (Å²) in [6.45, 7) is 3.58. The average Bonchev–Trinajstić information content (AvgIpc) is 3.23. The van der Waals surface area contributed by atoms with Crippen molar-refractivity contribution in [2.45, 2.75) is 255 Å². The third-order valence-electron chi connectivity index (χ3n) is 11.6. The van der Waals surface area contributed by atoms with Crippen molar-refractivity contribution in [3.8, 4) is 0 Å². The van der Waals surface area contributed by atoms with Gasteiger partial charge in [-0.2, -0.15) is 0 Å². The molecule has 0 radical (unpaired) electrons. The summed E-state index contributed by atoms with van der Waals surface area (Å²) in [5.41, 5.74) is 0. The smallest absolute Gasteiger partial charge is 0.249 e. The molecule has 1 saturated heterocycles. The number of hydrogen-bond donors (Lipinski definition) is 7. The van der Waals surface area contributed by atoms with E-state index in [1.54, 1.807) is 6.08 Å². The second-order valence-corrected chi connectivity index (χ2v) is 17.0. The lowest BCUT2D eigenvalue weighted by Crippen LogP contribution is -2.60. The summed E-state index contributed by atoms with van der Waals surface area (Å²) in [5.74, 6) is -0.629. The maximum absolute atomic E-state index is 13.1. The minimum Gasteiger partial charge on any atom is -0.394 e. The Labute approximate surface area is 360 Å². The van der Waals surface area contributed by atoms with Crippen LogP contribution in [0.4, 0.5) is 0 Å². The average molecular weight is 838 g/mol. The fraction of sp³-hybridized carbons (Fsp3) is 0.857. The van der Waals surface area contributed by atoms with E-state index in [0.717, 1.165) is 44.9 Å². The lowest BCUT2D eigenvalue weighted by atomic mass is 9.99. The molecule has 10 heteroatoms. The first-order valence-corrected chi connectivity index (χ1v) is 24.3. The zero-order valence-corrected chi connectivity index (χ0v) is 37.6. The summed E-state index contributed by atoms with van der Waals surface area (Å²) in [6.07, 6.45) is 38.0. The Morgan fingerprint density at radius 3 is 1.47 bits per heavy atom. The number of aliphatic hydroxyl groups is 6. The van der Waals surface area contributed by atoms with Crippen LogP contribution in [0.3, 0.4) is 0 Å². The van der Waals surface area contributed by atoms with Gasteiger partial charge >= 0.3 is 0 Å². The van der Waals surface area contributed by atoms with Gasteiger partial charge in [0.2, 0.25) is 5.91 Å². The summed E-state index contributed by atoms with van der Waals surface area (Å²) in [5, 5.41) is 64.7. The topological polar surface area (TPSA) is 169 Å². The lowest BCUT2D eigenvalue weighted by Gasteiger charge is -2.40. The Morgan fingerprint density at radius 2 is 1.00 bits per heavy atom. The molecule has 0 aromatic heterocycles. The van der Waals surface area contributed by atoms with E-state index in [0.29, 0.717) is 19.3 Å². The first-order chi connectivity index (χ1) is 28.8. The number of amides is 1. The summed E-state index contributed by atoms with van der Waals surface area (Å²) in [7, 11) is 0. The van der Waals surface area contributed by atoms with E-state index < -0.39 is 61.5 Å². The molecular weight excluding hydrogens is 747 g/mol. The minimum absolute atomic E-state index is 0.304. The van der Waals surface area contributed by atoms with Gasteiger partial charge in [0.25, 0.3) is 0 Å². The van der Waals surface area contributed by atoms with Gasteiger partial charge in [-0.15, -0.1) is 0 Å². The van der Waals surface area contributed by atoms with Gasteiger partial charge in [-0.3, -0.25) is 4.79 Å². The SMILES string of the molecule is CCCCCCCCC/C=C/CC/C=C/CC/C=C/C(O)C(COC1OC(CO)C(O)C(O)C1O)NC(=O)C(O)CCCCCCCCCCCCCCCCCCC. The molecule has 1 heterocycles. The van der Waals surface area contributed by atoms with Crippen LogP contribution in [0.2, 0.25) is 0 Å². The van der Waals surface area contributed by atoms with Gasteiger partial charge in [0.05, 0.1) is 25.4 Å². The fourth-order valence-electron chi connectivity index (χ4n) is 7.55. The molecule has 59 heavy (non-hydrogen) atoms. The van der Waals surface area contributed by atoms with Crippen LogP contribution < -0.4 is 5.32 Å². The Balaban J connectivity index is 2.42. The van der Waals surface area contributed by atoms with Gasteiger partial charge in [-0.05, 0) is 44.9 Å². The molecule has 1 amide bonds. The summed E-state index contributed by atoms with van der Waals surface area (Å²) < 4.78 is 11.1. The predicted molar refractivity (Wildman–Crippen MR) is 241 cm³/mol. The Hall–Kier alpha value is -1.63. The first-order valence-electron chi connectivity index (χ1n) is 24.3. The Bertz CT molecular complexity index is 1040. The maximum atomic E-state index is 13.1. The molecule has 0 aromatic carbocycles. The molecule has 1 aliphatic rings. The van der Waals surface area contributed by atoms with E-state index in [-0.39, 0.29) is 6.61 Å². The van der Waals surface area contributed by atoms with Crippen LogP contribution in [0, 0.1) is 0 Å². The van der Waals surface area contributed by atoms with Crippen LogP contribution in [0.25, 0.3) is 0 Å². The maximum Gasteiger partial charge on any atom is 0.249 e. The van der Waals surface area contributed by atoms with Crippen molar-refractivity contribution < 1.29 is 44.9 Å². The van der Waals surface area contributed by atoms with Crippen LogP contribution >= 0.6 is 0 Å². The summed E-state index contributed by atoms with van der Waals surface area (Å²) >= 11 is 0. The molecule has 0 bridgehead atoms. The van der Waals surface area contributed by atoms with E-state index in [2.05, 4.69) is 43.5 Å². The number of carbonyl (C=O) groups excluding carboxylic acids is 1. The molecule has 1 rings (SSSR count). The molecule has 0 spiro atoms. The van der Waals surface area contributed by atoms with Crippen molar-refractivity contribution in [1.82, 2.24) is 5.32 Å². The van der Waals surface area contributed by atoms with Crippen molar-refractivity contribution in [2.75, 3.05) is 13.2 Å². The molecule has 1 aliphatic heterocycles. The molecule has 0 saturated carbocycles. The van der Waals surface area contributed by atoms with Crippen molar-refractivity contribution >= 4 is 5.91 Å². The summed E-state index contributed by atoms with van der Waals surface area (Å²) in [6, 6.07) is -1.00. The van der Waals surface area contributed by atoms with Crippen molar-refractivity contribution in [3.05, 3.63) is 36.5 Å². The molecular formula is C49H91NO9. The van der Waals surface area contributed by atoms with E-state index in [9.17, 15) is 35.4 Å². The number of allylic oxidation sites excluding steroid dienone is 5. The van der Waals surface area contributed by atoms with Gasteiger partial charge < -0.3 is 45.4 Å². The molecule has 0 aliphatic carbocycles. The van der Waals surface area contributed by atoms with Crippen LogP contribution in [0.15, 0.2) is 36.5 Å². The highest BCUT2D eigenvalue weighted by Crippen LogP contribution is 2.23. The third kappa shape index (κ3) is 29.3. The van der Waals surface area contributed by atoms with Gasteiger partial charge in [0, 0.05) is 0 Å². The molecule has 7 N–H and O–H groups in total. The number of ether oxygens (including phenoxy) is 2. The Morgan fingerprint density at radius 1 is 0.576 bits per heavy atom. The van der Waals surface area contributed by atoms with Crippen LogP contribution in [0.1, 0.15) is 206 Å². The molecule has 0 aromatic rings. The van der Waals surface area contributed by atoms with Crippen molar-refractivity contribution in [1.29, 1.82) is 0 Å². The summed E-state index contributed by atoms with van der Waals surface area (Å²) in [4.78, 5) is 13.1. The van der Waals surface area contributed by atoms with E-state index in [1.807, 2.05) is 6.08 Å². The monoisotopic (exact) mass is 838 g/mol. The number of nitrogens with one attached hydrogen (secondary N) is 1. The zero-order chi connectivity index (χ0) is 43.2. The van der Waals surface area contributed by atoms with Crippen LogP contribution in [-0.4, -0.2) is 98.7 Å². The van der Waals surface area contributed by atoms with E-state index in [4.69, 9.17) is 9.47 Å². The zero-order valence-electron chi connectivity index (χ0n) is 37.6. The largest absolute Gasteiger partial charge is 0.394 e. The predicted octanol–water partition coefficient (Wildman–Crippen LogP) is 9.42. The van der Waals surface area contributed by atoms with Gasteiger partial charge in [-0.25, -0.2) is 0 Å². The number of carbonyl (C=O) groups is 1. The standard InChI is InChI=1S/C49H91NO9/c1-3-5-7-9-11-13-15-17-19-21-23-25-27-29-31-33-35-37-42(52)41(40-58-49-47(56)46(55)45(54)44(39-51)59-49)50-48(57)43(53)38-36-34-32-30-28-26-24-22-20-18-16-14-12-10-8-6-4-2/h19,21,27,29,35,37,41-47,49,51-56H,3-18,20,22-26,28,30-34,36,38-40H2,1-2H3,(H,50,57)/b21-19+,29-27+,37-35+. The third-order valence-corrected chi connectivity index (χ3v) is 11.6. The number of aliphatic hydroxyl groups excluding tert-OH is 6. The number of unbranched alkanes of at least 4 members (excludes halogenated alkanes) is 25. The molecule has 8 unspecified atom stereocenters. The molecule has 10 nitrogen and oxygen atoms in total. The quantitative estimate of drug-likeness (QED) is 0.0235. The lowest BCUT2D eigenvalue weighted by molar-refractivity contribution is -0.302. The highest BCUT2D eigenvalue weighted by atomic mass is 16.7. The number of hydrogen-bond acceptors (Lipinski definition) is 9. The minimum atomic E-state index is -1.62. The van der Waals surface area contributed by atoms with E-state index in [1.165, 1.54) is 128 Å². The molecule has 8 atom stereocenters. The normalized spacial score (nSPS) is 21.5.